The molecule has 0 amide bonds. The lowest BCUT2D eigenvalue weighted by Gasteiger charge is -2.31. The first-order chi connectivity index (χ1) is 12.4. The molecule has 0 unspecified atom stereocenters. The molecule has 4 heterocycles. The van der Waals surface area contributed by atoms with Crippen LogP contribution in [0.5, 0.6) is 0 Å². The molecule has 0 saturated carbocycles. The maximum Gasteiger partial charge on any atom is 0.434 e. The van der Waals surface area contributed by atoms with Crippen molar-refractivity contribution in [3.63, 3.8) is 0 Å². The first-order valence-corrected chi connectivity index (χ1v) is 8.16. The molecule has 26 heavy (non-hydrogen) atoms. The van der Waals surface area contributed by atoms with E-state index in [9.17, 15) is 13.2 Å². The van der Waals surface area contributed by atoms with Gasteiger partial charge in [-0.25, -0.2) is 19.9 Å². The molecule has 1 atom stereocenters. The Labute approximate surface area is 146 Å². The maximum absolute atomic E-state index is 13.0. The smallest absolute Gasteiger partial charge is 0.355 e. The summed E-state index contributed by atoms with van der Waals surface area (Å²) in [7, 11) is 0. The van der Waals surface area contributed by atoms with E-state index in [-0.39, 0.29) is 6.04 Å². The molecule has 4 rings (SSSR count). The number of alkyl halides is 3. The van der Waals surface area contributed by atoms with Gasteiger partial charge in [0.15, 0.2) is 17.2 Å². The zero-order valence-electron chi connectivity index (χ0n) is 13.7. The standard InChI is InChI=1S/C16H16F3N7/c17-16(18,19)12-9-26-11(6-23-14(26)7-22-12)15-21-4-3-13(24-15)25-5-1-2-10(20)8-25/h3-4,6-7,9-10H,1-2,5,8,20H2/t10-/m0/s1. The summed E-state index contributed by atoms with van der Waals surface area (Å²) in [5, 5.41) is 0. The van der Waals surface area contributed by atoms with Crippen LogP contribution in [0.4, 0.5) is 19.0 Å². The van der Waals surface area contributed by atoms with Gasteiger partial charge in [0.1, 0.15) is 11.5 Å². The number of hydrogen-bond acceptors (Lipinski definition) is 6. The average molecular weight is 363 g/mol. The minimum Gasteiger partial charge on any atom is -0.355 e. The van der Waals surface area contributed by atoms with Crippen LogP contribution in [0.1, 0.15) is 18.5 Å². The lowest BCUT2D eigenvalue weighted by atomic mass is 10.1. The van der Waals surface area contributed by atoms with Gasteiger partial charge >= 0.3 is 6.18 Å². The van der Waals surface area contributed by atoms with Gasteiger partial charge in [0.05, 0.1) is 12.4 Å². The van der Waals surface area contributed by atoms with Crippen molar-refractivity contribution in [1.82, 2.24) is 24.3 Å². The normalized spacial score (nSPS) is 18.5. The Hall–Kier alpha value is -2.75. The van der Waals surface area contributed by atoms with Crippen molar-refractivity contribution in [2.24, 2.45) is 5.73 Å². The van der Waals surface area contributed by atoms with E-state index in [4.69, 9.17) is 5.73 Å². The highest BCUT2D eigenvalue weighted by Crippen LogP contribution is 2.29. The third-order valence-electron chi connectivity index (χ3n) is 4.34. The van der Waals surface area contributed by atoms with E-state index < -0.39 is 11.9 Å². The molecule has 0 aromatic carbocycles. The van der Waals surface area contributed by atoms with Gasteiger partial charge in [-0.1, -0.05) is 0 Å². The van der Waals surface area contributed by atoms with Gasteiger partial charge in [-0.15, -0.1) is 0 Å². The number of halogens is 3. The Bertz CT molecular complexity index is 937. The Kier molecular flexibility index (Phi) is 3.98. The number of fused-ring (bicyclic) bond motifs is 1. The second-order valence-corrected chi connectivity index (χ2v) is 6.23. The van der Waals surface area contributed by atoms with Crippen LogP contribution < -0.4 is 10.6 Å². The van der Waals surface area contributed by atoms with Crippen LogP contribution in [0.15, 0.2) is 30.9 Å². The molecule has 0 radical (unpaired) electrons. The number of nitrogens with zero attached hydrogens (tertiary/aromatic N) is 6. The van der Waals surface area contributed by atoms with Crippen molar-refractivity contribution in [3.05, 3.63) is 36.5 Å². The summed E-state index contributed by atoms with van der Waals surface area (Å²) in [5.41, 5.74) is 5.68. The van der Waals surface area contributed by atoms with Crippen LogP contribution in [-0.4, -0.2) is 43.5 Å². The van der Waals surface area contributed by atoms with E-state index in [0.29, 0.717) is 29.5 Å². The average Bonchev–Trinajstić information content (AvgIpc) is 3.04. The number of nitrogens with two attached hydrogens (primary N) is 1. The van der Waals surface area contributed by atoms with Gasteiger partial charge in [-0.2, -0.15) is 13.2 Å². The summed E-state index contributed by atoms with van der Waals surface area (Å²) in [6, 6.07) is 1.85. The van der Waals surface area contributed by atoms with Crippen molar-refractivity contribution < 1.29 is 13.2 Å². The highest BCUT2D eigenvalue weighted by atomic mass is 19.4. The minimum absolute atomic E-state index is 0.0818. The number of aromatic nitrogens is 5. The fourth-order valence-electron chi connectivity index (χ4n) is 3.07. The number of piperidine rings is 1. The van der Waals surface area contributed by atoms with Gasteiger partial charge in [0, 0.05) is 31.5 Å². The molecule has 1 aliphatic heterocycles. The van der Waals surface area contributed by atoms with Crippen LogP contribution >= 0.6 is 0 Å². The molecule has 1 saturated heterocycles. The molecule has 136 valence electrons. The predicted molar refractivity (Wildman–Crippen MR) is 88.4 cm³/mol. The molecule has 1 aliphatic rings. The second-order valence-electron chi connectivity index (χ2n) is 6.23. The van der Waals surface area contributed by atoms with Crippen LogP contribution in [0.2, 0.25) is 0 Å². The van der Waals surface area contributed by atoms with E-state index in [1.54, 1.807) is 12.3 Å². The molecule has 0 spiro atoms. The first kappa shape index (κ1) is 16.7. The summed E-state index contributed by atoms with van der Waals surface area (Å²) in [6.07, 6.45) is 2.42. The number of hydrogen-bond donors (Lipinski definition) is 1. The number of imidazole rings is 1. The highest BCUT2D eigenvalue weighted by Gasteiger charge is 2.33. The molecule has 2 N–H and O–H groups in total. The van der Waals surface area contributed by atoms with Crippen molar-refractivity contribution in [3.8, 4) is 11.5 Å². The molecule has 0 bridgehead atoms. The SMILES string of the molecule is N[C@H]1CCCN(c2ccnc(-c3cnc4cnc(C(F)(F)F)cn34)n2)C1. The van der Waals surface area contributed by atoms with E-state index >= 15 is 0 Å². The first-order valence-electron chi connectivity index (χ1n) is 8.16. The van der Waals surface area contributed by atoms with E-state index in [1.165, 1.54) is 10.6 Å². The van der Waals surface area contributed by atoms with Crippen molar-refractivity contribution in [2.45, 2.75) is 25.1 Å². The third-order valence-corrected chi connectivity index (χ3v) is 4.34. The molecule has 3 aromatic heterocycles. The van der Waals surface area contributed by atoms with Gasteiger partial charge in [0.25, 0.3) is 0 Å². The molecule has 10 heteroatoms. The lowest BCUT2D eigenvalue weighted by Crippen LogP contribution is -2.43. The molecular formula is C16H16F3N7. The summed E-state index contributed by atoms with van der Waals surface area (Å²) in [6.45, 7) is 1.52. The fourth-order valence-corrected chi connectivity index (χ4v) is 3.07. The van der Waals surface area contributed by atoms with Gasteiger partial charge in [0.2, 0.25) is 0 Å². The second kappa shape index (κ2) is 6.20. The fraction of sp³-hybridized carbons (Fsp3) is 0.375. The largest absolute Gasteiger partial charge is 0.434 e. The van der Waals surface area contributed by atoms with Gasteiger partial charge < -0.3 is 10.6 Å². The zero-order valence-corrected chi connectivity index (χ0v) is 13.7. The number of anilines is 1. The van der Waals surface area contributed by atoms with Crippen molar-refractivity contribution in [2.75, 3.05) is 18.0 Å². The Morgan fingerprint density at radius 1 is 1.15 bits per heavy atom. The van der Waals surface area contributed by atoms with Gasteiger partial charge in [-0.3, -0.25) is 4.40 Å². The van der Waals surface area contributed by atoms with Crippen LogP contribution in [0.25, 0.3) is 17.2 Å². The van der Waals surface area contributed by atoms with Gasteiger partial charge in [-0.05, 0) is 18.9 Å². The topological polar surface area (TPSA) is 85.2 Å². The van der Waals surface area contributed by atoms with E-state index in [0.717, 1.165) is 31.8 Å². The van der Waals surface area contributed by atoms with Crippen LogP contribution in [0, 0.1) is 0 Å². The van der Waals surface area contributed by atoms with Crippen LogP contribution in [-0.2, 0) is 6.18 Å². The summed E-state index contributed by atoms with van der Waals surface area (Å²) in [5.74, 6) is 0.999. The monoisotopic (exact) mass is 363 g/mol. The molecule has 1 fully saturated rings. The maximum atomic E-state index is 13.0. The lowest BCUT2D eigenvalue weighted by molar-refractivity contribution is -0.141. The zero-order chi connectivity index (χ0) is 18.3. The molecule has 0 aliphatic carbocycles. The van der Waals surface area contributed by atoms with Crippen molar-refractivity contribution in [1.29, 1.82) is 0 Å². The van der Waals surface area contributed by atoms with Crippen LogP contribution in [0.3, 0.4) is 0 Å². The highest BCUT2D eigenvalue weighted by molar-refractivity contribution is 5.58. The summed E-state index contributed by atoms with van der Waals surface area (Å²) >= 11 is 0. The Balaban J connectivity index is 1.74. The Morgan fingerprint density at radius 2 is 2.00 bits per heavy atom. The van der Waals surface area contributed by atoms with Crippen molar-refractivity contribution >= 4 is 11.5 Å². The molecular weight excluding hydrogens is 347 g/mol. The van der Waals surface area contributed by atoms with E-state index in [1.807, 2.05) is 0 Å². The number of rotatable bonds is 2. The minimum atomic E-state index is -4.54. The molecule has 3 aromatic rings. The third kappa shape index (κ3) is 3.07. The van der Waals surface area contributed by atoms with E-state index in [2.05, 4.69) is 24.8 Å². The molecule has 7 nitrogen and oxygen atoms in total. The summed E-state index contributed by atoms with van der Waals surface area (Å²) < 4.78 is 40.2. The predicted octanol–water partition coefficient (Wildman–Crippen LogP) is 2.13. The summed E-state index contributed by atoms with van der Waals surface area (Å²) in [4.78, 5) is 18.3. The quantitative estimate of drug-likeness (QED) is 0.751. The Morgan fingerprint density at radius 3 is 2.77 bits per heavy atom.